The third kappa shape index (κ3) is 2.99. The number of hydrogen-bond acceptors (Lipinski definition) is 3. The quantitative estimate of drug-likeness (QED) is 0.925. The van der Waals surface area contributed by atoms with Crippen LogP contribution in [-0.4, -0.2) is 47.7 Å². The molecule has 2 unspecified atom stereocenters. The van der Waals surface area contributed by atoms with Gasteiger partial charge in [-0.25, -0.2) is 0 Å². The summed E-state index contributed by atoms with van der Waals surface area (Å²) >= 11 is 0. The van der Waals surface area contributed by atoms with Crippen LogP contribution in [-0.2, 0) is 20.7 Å². The Hall–Kier alpha value is -1.88. The summed E-state index contributed by atoms with van der Waals surface area (Å²) in [6.45, 7) is 1.28. The third-order valence-corrected chi connectivity index (χ3v) is 4.59. The Kier molecular flexibility index (Phi) is 4.43. The predicted molar refractivity (Wildman–Crippen MR) is 80.7 cm³/mol. The Balaban J connectivity index is 1.82. The van der Waals surface area contributed by atoms with Gasteiger partial charge < -0.3 is 14.7 Å². The highest BCUT2D eigenvalue weighted by molar-refractivity contribution is 5.85. The van der Waals surface area contributed by atoms with Crippen molar-refractivity contribution in [2.24, 2.45) is 0 Å². The molecule has 0 spiro atoms. The summed E-state index contributed by atoms with van der Waals surface area (Å²) in [7, 11) is 0. The molecular weight excluding hydrogens is 282 g/mol. The summed E-state index contributed by atoms with van der Waals surface area (Å²) in [6.07, 6.45) is 2.80. The number of rotatable bonds is 3. The molecule has 5 heteroatoms. The van der Waals surface area contributed by atoms with E-state index in [-0.39, 0.29) is 24.3 Å². The molecule has 2 aliphatic rings. The lowest BCUT2D eigenvalue weighted by Crippen LogP contribution is -2.51. The molecule has 1 saturated heterocycles. The molecule has 1 amide bonds. The Labute approximate surface area is 129 Å². The summed E-state index contributed by atoms with van der Waals surface area (Å²) in [6, 6.07) is 7.74. The number of amides is 1. The number of hydrogen-bond donors (Lipinski definition) is 1. The van der Waals surface area contributed by atoms with Crippen molar-refractivity contribution in [3.63, 3.8) is 0 Å². The second-order valence-corrected chi connectivity index (χ2v) is 6.00. The Morgan fingerprint density at radius 1 is 1.32 bits per heavy atom. The van der Waals surface area contributed by atoms with Crippen molar-refractivity contribution in [3.05, 3.63) is 35.4 Å². The lowest BCUT2D eigenvalue weighted by Gasteiger charge is -2.38. The van der Waals surface area contributed by atoms with Crippen molar-refractivity contribution in [1.82, 2.24) is 4.90 Å². The zero-order chi connectivity index (χ0) is 15.5. The monoisotopic (exact) mass is 303 g/mol. The van der Waals surface area contributed by atoms with Crippen molar-refractivity contribution in [3.8, 4) is 0 Å². The molecule has 118 valence electrons. The van der Waals surface area contributed by atoms with Crippen LogP contribution in [0.15, 0.2) is 24.3 Å². The largest absolute Gasteiger partial charge is 0.481 e. The second-order valence-electron chi connectivity index (χ2n) is 6.00. The van der Waals surface area contributed by atoms with E-state index in [1.807, 2.05) is 18.2 Å². The second kappa shape index (κ2) is 6.48. The molecule has 5 nitrogen and oxygen atoms in total. The normalized spacial score (nSPS) is 24.6. The van der Waals surface area contributed by atoms with E-state index in [1.54, 1.807) is 4.90 Å². The molecular formula is C17H21NO4. The van der Waals surface area contributed by atoms with Crippen LogP contribution in [0.1, 0.15) is 36.3 Å². The van der Waals surface area contributed by atoms with Crippen LogP contribution in [0.2, 0.25) is 0 Å². The van der Waals surface area contributed by atoms with Gasteiger partial charge in [-0.2, -0.15) is 0 Å². The smallest absolute Gasteiger partial charge is 0.305 e. The highest BCUT2D eigenvalue weighted by Crippen LogP contribution is 2.33. The third-order valence-electron chi connectivity index (χ3n) is 4.59. The van der Waals surface area contributed by atoms with Crippen molar-refractivity contribution in [2.75, 3.05) is 19.8 Å². The van der Waals surface area contributed by atoms with Gasteiger partial charge in [0.1, 0.15) is 0 Å². The van der Waals surface area contributed by atoms with E-state index in [9.17, 15) is 9.59 Å². The highest BCUT2D eigenvalue weighted by Gasteiger charge is 2.35. The zero-order valence-electron chi connectivity index (χ0n) is 12.5. The Morgan fingerprint density at radius 3 is 2.95 bits per heavy atom. The van der Waals surface area contributed by atoms with Gasteiger partial charge in [0, 0.05) is 6.54 Å². The van der Waals surface area contributed by atoms with Crippen molar-refractivity contribution >= 4 is 11.9 Å². The van der Waals surface area contributed by atoms with E-state index in [0.717, 1.165) is 24.8 Å². The molecule has 1 aromatic carbocycles. The minimum Gasteiger partial charge on any atom is -0.481 e. The van der Waals surface area contributed by atoms with Gasteiger partial charge >= 0.3 is 5.97 Å². The van der Waals surface area contributed by atoms with E-state index in [2.05, 4.69) is 6.07 Å². The predicted octanol–water partition coefficient (Wildman–Crippen LogP) is 1.81. The number of aliphatic carboxylic acids is 1. The lowest BCUT2D eigenvalue weighted by atomic mass is 9.81. The van der Waals surface area contributed by atoms with Crippen molar-refractivity contribution in [1.29, 1.82) is 0 Å². The van der Waals surface area contributed by atoms with Gasteiger partial charge in [0.2, 0.25) is 5.91 Å². The SMILES string of the molecule is O=C(O)CC1COCCN1C(=O)C1CCCc2ccccc21. The summed E-state index contributed by atoms with van der Waals surface area (Å²) in [4.78, 5) is 25.7. The van der Waals surface area contributed by atoms with E-state index in [1.165, 1.54) is 5.56 Å². The maximum Gasteiger partial charge on any atom is 0.305 e. The number of nitrogens with zero attached hydrogens (tertiary/aromatic N) is 1. The van der Waals surface area contributed by atoms with E-state index in [0.29, 0.717) is 19.8 Å². The maximum absolute atomic E-state index is 13.0. The Morgan fingerprint density at radius 2 is 2.14 bits per heavy atom. The van der Waals surface area contributed by atoms with Crippen LogP contribution in [0.3, 0.4) is 0 Å². The van der Waals surface area contributed by atoms with Gasteiger partial charge in [0.05, 0.1) is 31.6 Å². The van der Waals surface area contributed by atoms with Gasteiger partial charge in [0.15, 0.2) is 0 Å². The first-order valence-corrected chi connectivity index (χ1v) is 7.84. The first kappa shape index (κ1) is 15.0. The molecule has 0 bridgehead atoms. The lowest BCUT2D eigenvalue weighted by molar-refractivity contribution is -0.147. The zero-order valence-corrected chi connectivity index (χ0v) is 12.5. The van der Waals surface area contributed by atoms with Gasteiger partial charge in [-0.1, -0.05) is 24.3 Å². The molecule has 2 atom stereocenters. The standard InChI is InChI=1S/C17H21NO4/c19-16(20)10-13-11-22-9-8-18(13)17(21)15-7-3-5-12-4-1-2-6-14(12)15/h1-2,4,6,13,15H,3,5,7-11H2,(H,19,20). The van der Waals surface area contributed by atoms with Gasteiger partial charge in [-0.3, -0.25) is 9.59 Å². The number of carboxylic acids is 1. The van der Waals surface area contributed by atoms with Crippen LogP contribution in [0.5, 0.6) is 0 Å². The molecule has 1 aliphatic carbocycles. The van der Waals surface area contributed by atoms with Gasteiger partial charge in [-0.05, 0) is 30.4 Å². The molecule has 22 heavy (non-hydrogen) atoms. The molecule has 1 heterocycles. The van der Waals surface area contributed by atoms with Crippen LogP contribution >= 0.6 is 0 Å². The van der Waals surface area contributed by atoms with Crippen molar-refractivity contribution < 1.29 is 19.4 Å². The fourth-order valence-corrected chi connectivity index (χ4v) is 3.53. The summed E-state index contributed by atoms with van der Waals surface area (Å²) in [5.41, 5.74) is 2.36. The Bertz CT molecular complexity index is 572. The van der Waals surface area contributed by atoms with Gasteiger partial charge in [-0.15, -0.1) is 0 Å². The number of ether oxygens (including phenoxy) is 1. The summed E-state index contributed by atoms with van der Waals surface area (Å²) in [5.74, 6) is -0.974. The number of fused-ring (bicyclic) bond motifs is 1. The van der Waals surface area contributed by atoms with Crippen molar-refractivity contribution in [2.45, 2.75) is 37.6 Å². The summed E-state index contributed by atoms with van der Waals surface area (Å²) in [5, 5.41) is 9.04. The number of carboxylic acid groups (broad SMARTS) is 1. The molecule has 1 fully saturated rings. The van der Waals surface area contributed by atoms with Gasteiger partial charge in [0.25, 0.3) is 0 Å². The van der Waals surface area contributed by atoms with Crippen LogP contribution in [0.4, 0.5) is 0 Å². The highest BCUT2D eigenvalue weighted by atomic mass is 16.5. The molecule has 0 saturated carbocycles. The minimum atomic E-state index is -0.891. The fourth-order valence-electron chi connectivity index (χ4n) is 3.53. The molecule has 1 aliphatic heterocycles. The molecule has 1 aromatic rings. The van der Waals surface area contributed by atoms with Crippen LogP contribution < -0.4 is 0 Å². The number of carbonyl (C=O) groups is 2. The van der Waals surface area contributed by atoms with E-state index in [4.69, 9.17) is 9.84 Å². The first-order chi connectivity index (χ1) is 10.7. The number of carbonyl (C=O) groups excluding carboxylic acids is 1. The van der Waals surface area contributed by atoms with Crippen LogP contribution in [0, 0.1) is 0 Å². The van der Waals surface area contributed by atoms with E-state index < -0.39 is 5.97 Å². The topological polar surface area (TPSA) is 66.8 Å². The molecule has 0 radical (unpaired) electrons. The average Bonchev–Trinajstić information content (AvgIpc) is 2.54. The fraction of sp³-hybridized carbons (Fsp3) is 0.529. The molecule has 0 aromatic heterocycles. The maximum atomic E-state index is 13.0. The number of aryl methyl sites for hydroxylation is 1. The molecule has 3 rings (SSSR count). The first-order valence-electron chi connectivity index (χ1n) is 7.84. The van der Waals surface area contributed by atoms with E-state index >= 15 is 0 Å². The number of benzene rings is 1. The van der Waals surface area contributed by atoms with Crippen LogP contribution in [0.25, 0.3) is 0 Å². The molecule has 1 N–H and O–H groups in total. The average molecular weight is 303 g/mol. The minimum absolute atomic E-state index is 0.0554. The number of morpholine rings is 1. The summed E-state index contributed by atoms with van der Waals surface area (Å²) < 4.78 is 5.36.